The van der Waals surface area contributed by atoms with Crippen LogP contribution in [0.25, 0.3) is 11.3 Å². The van der Waals surface area contributed by atoms with Crippen LogP contribution in [-0.2, 0) is 12.6 Å². The zero-order valence-electron chi connectivity index (χ0n) is 19.9. The molecule has 1 aromatic heterocycles. The number of aromatic nitrogens is 1. The molecule has 0 saturated carbocycles. The van der Waals surface area contributed by atoms with E-state index >= 15 is 0 Å². The minimum atomic E-state index is -4.22. The summed E-state index contributed by atoms with van der Waals surface area (Å²) in [5, 5.41) is 13.6. The van der Waals surface area contributed by atoms with Gasteiger partial charge in [-0.3, -0.25) is 0 Å². The molecule has 0 spiro atoms. The number of rotatable bonds is 3. The Balaban J connectivity index is 0.000000241. The van der Waals surface area contributed by atoms with E-state index in [0.29, 0.717) is 28.6 Å². The van der Waals surface area contributed by atoms with Crippen LogP contribution < -0.4 is 11.1 Å². The molecule has 1 aliphatic rings. The van der Waals surface area contributed by atoms with Crippen molar-refractivity contribution < 1.29 is 18.3 Å². The first-order chi connectivity index (χ1) is 16.7. The average Bonchev–Trinajstić information content (AvgIpc) is 2.84. The van der Waals surface area contributed by atoms with Crippen molar-refractivity contribution in [2.45, 2.75) is 45.2 Å². The predicted molar refractivity (Wildman–Crippen MR) is 135 cm³/mol. The van der Waals surface area contributed by atoms with Gasteiger partial charge < -0.3 is 0 Å². The molecule has 4 N–H and O–H groups in total. The number of pyridine rings is 1. The Hall–Kier alpha value is -3.22. The molecule has 0 bridgehead atoms. The average molecular weight is 479 g/mol. The van der Waals surface area contributed by atoms with Gasteiger partial charge in [-0.1, -0.05) is 19.1 Å². The van der Waals surface area contributed by atoms with Crippen molar-refractivity contribution in [3.05, 3.63) is 76.3 Å². The molecule has 2 heterocycles. The number of aryl methyl sites for hydroxylation is 2. The molecule has 4 nitrogen and oxygen atoms in total. The van der Waals surface area contributed by atoms with Gasteiger partial charge in [0.1, 0.15) is 0 Å². The minimum Gasteiger partial charge on any atom is -0.166 e. The first-order valence-electron chi connectivity index (χ1n) is 11.6. The molecule has 182 valence electrons. The van der Waals surface area contributed by atoms with E-state index in [1.165, 1.54) is 12.1 Å². The van der Waals surface area contributed by atoms with Gasteiger partial charge in [0.25, 0.3) is 0 Å². The molecule has 0 aliphatic carbocycles. The van der Waals surface area contributed by atoms with Gasteiger partial charge in [-0.05, 0) is 24.1 Å². The zero-order chi connectivity index (χ0) is 25.6. The minimum absolute atomic E-state index is 0.207. The van der Waals surface area contributed by atoms with Gasteiger partial charge in [0.05, 0.1) is 5.56 Å². The molecule has 35 heavy (non-hydrogen) atoms. The molecule has 8 heteroatoms. The number of phenols is 1. The Morgan fingerprint density at radius 2 is 1.91 bits per heavy atom. The molecule has 3 aromatic rings. The van der Waals surface area contributed by atoms with E-state index in [9.17, 15) is 18.3 Å². The third-order valence-electron chi connectivity index (χ3n) is 6.16. The molecule has 0 radical (unpaired) electrons. The number of hydrogen-bond donors (Lipinski definition) is 3. The van der Waals surface area contributed by atoms with E-state index in [4.69, 9.17) is 13.1 Å². The van der Waals surface area contributed by atoms with E-state index in [1.807, 2.05) is 32.0 Å². The summed E-state index contributed by atoms with van der Waals surface area (Å²) in [5.74, 6) is 3.58. The first kappa shape index (κ1) is 26.4. The van der Waals surface area contributed by atoms with Gasteiger partial charge in [0, 0.05) is 0 Å². The third-order valence-corrected chi connectivity index (χ3v) is 6.16. The van der Waals surface area contributed by atoms with Gasteiger partial charge in [0.15, 0.2) is 0 Å². The van der Waals surface area contributed by atoms with Crippen LogP contribution in [0.4, 0.5) is 19.0 Å². The number of phenolic OH excluding ortho intramolecular Hbond substituents is 1. The maximum Gasteiger partial charge on any atom is 0.416 e. The number of nitrogens with zero attached hydrogens (tertiary/aromatic N) is 1. The van der Waals surface area contributed by atoms with Crippen LogP contribution in [-0.4, -0.2) is 30.5 Å². The fourth-order valence-corrected chi connectivity index (χ4v) is 4.22. The summed E-state index contributed by atoms with van der Waals surface area (Å²) < 4.78 is 36.1. The number of nitrogens with one attached hydrogen (secondary N) is 1. The molecule has 1 fully saturated rings. The fraction of sp³-hybridized carbons (Fsp3) is 0.333. The molecule has 0 amide bonds. The van der Waals surface area contributed by atoms with Crippen molar-refractivity contribution in [1.82, 2.24) is 10.3 Å². The second-order valence-electron chi connectivity index (χ2n) is 8.56. The third kappa shape index (κ3) is 6.47. The summed E-state index contributed by atoms with van der Waals surface area (Å²) in [5.41, 5.74) is 10.5. The van der Waals surface area contributed by atoms with Crippen molar-refractivity contribution in [3.8, 4) is 22.8 Å². The van der Waals surface area contributed by atoms with Crippen LogP contribution in [0.1, 0.15) is 53.5 Å². The van der Waals surface area contributed by atoms with Gasteiger partial charge in [-0.25, -0.2) is 0 Å². The molecule has 4 rings (SSSR count). The molecular weight excluding hydrogens is 450 g/mol. The van der Waals surface area contributed by atoms with Crippen LogP contribution in [0.2, 0.25) is 0 Å². The summed E-state index contributed by atoms with van der Waals surface area (Å²) in [4.78, 5) is 4.45. The smallest absolute Gasteiger partial charge is 0.166 e. The SMILES string of the molecule is B#Cc1c(C2CCCNC2)cc(-c2c(C)cccc2O)nc1N.CCc1ccc(C(F)(F)F)cc1. The van der Waals surface area contributed by atoms with Crippen LogP contribution in [0.5, 0.6) is 5.75 Å². The Morgan fingerprint density at radius 3 is 2.46 bits per heavy atom. The number of aromatic hydroxyl groups is 1. The second kappa shape index (κ2) is 11.5. The first-order valence-corrected chi connectivity index (χ1v) is 11.6. The summed E-state index contributed by atoms with van der Waals surface area (Å²) in [6.45, 7) is 5.78. The largest absolute Gasteiger partial charge is 0.416 e. The Labute approximate surface area is 205 Å². The maximum atomic E-state index is 12.0. The van der Waals surface area contributed by atoms with Gasteiger partial charge >= 0.3 is 143 Å². The predicted octanol–water partition coefficient (Wildman–Crippen LogP) is 5.56. The van der Waals surface area contributed by atoms with E-state index in [2.05, 4.69) is 16.1 Å². The summed E-state index contributed by atoms with van der Waals surface area (Å²) >= 11 is 0. The van der Waals surface area contributed by atoms with E-state index in [0.717, 1.165) is 61.2 Å². The molecule has 1 atom stereocenters. The van der Waals surface area contributed by atoms with E-state index in [-0.39, 0.29) is 5.75 Å². The molecule has 2 aromatic carbocycles. The Bertz CT molecular complexity index is 1180. The number of anilines is 1. The zero-order valence-corrected chi connectivity index (χ0v) is 19.9. The maximum absolute atomic E-state index is 12.0. The molecule has 1 saturated heterocycles. The number of piperidine rings is 1. The van der Waals surface area contributed by atoms with Gasteiger partial charge in [-0.15, -0.1) is 0 Å². The summed E-state index contributed by atoms with van der Waals surface area (Å²) in [6, 6.07) is 12.6. The van der Waals surface area contributed by atoms with Crippen molar-refractivity contribution in [3.63, 3.8) is 0 Å². The quantitative estimate of drug-likeness (QED) is 0.431. The van der Waals surface area contributed by atoms with Crippen LogP contribution in [0.3, 0.4) is 0 Å². The summed E-state index contributed by atoms with van der Waals surface area (Å²) in [6.07, 6.45) is -1.27. The van der Waals surface area contributed by atoms with Crippen molar-refractivity contribution >= 4 is 13.1 Å². The topological polar surface area (TPSA) is 71.2 Å². The second-order valence-corrected chi connectivity index (χ2v) is 8.56. The van der Waals surface area contributed by atoms with Gasteiger partial charge in [0.2, 0.25) is 0 Å². The molecular formula is C27H29BF3N3O. The normalized spacial score (nSPS) is 15.7. The van der Waals surface area contributed by atoms with Crippen LogP contribution in [0, 0.1) is 12.7 Å². The van der Waals surface area contributed by atoms with Gasteiger partial charge in [-0.2, -0.15) is 13.2 Å². The fourth-order valence-electron chi connectivity index (χ4n) is 4.22. The number of benzene rings is 2. The number of halogens is 3. The number of nitrogen functional groups attached to an aromatic ring is 1. The monoisotopic (exact) mass is 479 g/mol. The molecule has 1 unspecified atom stereocenters. The molecule has 1 aliphatic heterocycles. The Morgan fingerprint density at radius 1 is 1.20 bits per heavy atom. The van der Waals surface area contributed by atoms with Crippen LogP contribution in [0.15, 0.2) is 48.5 Å². The summed E-state index contributed by atoms with van der Waals surface area (Å²) in [7, 11) is 5.67. The van der Waals surface area contributed by atoms with E-state index < -0.39 is 11.7 Å². The number of nitrogens with two attached hydrogens (primary N) is 1. The standard InChI is InChI=1S/C18H20BN3O.C9H9F3/c1-11-4-2-6-16(23)17(11)15-8-13(12-5-3-7-21-10-12)14(9-19)18(20)22-15;1-2-7-3-5-8(6-4-7)9(10,11)12/h2,4,6,8,12,21,23H,3,5,7,10H2,1H3,(H2,20,22);3-6H,2H2,1H3. The van der Waals surface area contributed by atoms with Crippen molar-refractivity contribution in [2.75, 3.05) is 18.8 Å². The van der Waals surface area contributed by atoms with E-state index in [1.54, 1.807) is 6.07 Å². The Kier molecular flexibility index (Phi) is 8.65. The van der Waals surface area contributed by atoms with Crippen molar-refractivity contribution in [1.29, 1.82) is 0 Å². The van der Waals surface area contributed by atoms with Crippen molar-refractivity contribution in [2.24, 2.45) is 0 Å². The number of hydrogen-bond acceptors (Lipinski definition) is 4. The van der Waals surface area contributed by atoms with Crippen LogP contribution >= 0.6 is 0 Å². The number of alkyl halides is 3.